The van der Waals surface area contributed by atoms with Crippen LogP contribution < -0.4 is 15.4 Å². The minimum Gasteiger partial charge on any atom is -0.495 e. The number of ether oxygens (including phenoxy) is 1. The predicted molar refractivity (Wildman–Crippen MR) is 86.0 cm³/mol. The number of nitrogens with one attached hydrogen (secondary N) is 2. The first-order valence-corrected chi connectivity index (χ1v) is 7.46. The molecule has 1 saturated heterocycles. The number of carbonyl (C=O) groups excluding carboxylic acids is 1. The number of hydrogen-bond acceptors (Lipinski definition) is 4. The number of nitrogens with zero attached hydrogens (tertiary/aromatic N) is 1. The van der Waals surface area contributed by atoms with Crippen LogP contribution in [0.1, 0.15) is 19.8 Å². The van der Waals surface area contributed by atoms with Crippen molar-refractivity contribution in [2.24, 2.45) is 5.92 Å². The zero-order valence-corrected chi connectivity index (χ0v) is 13.1. The third-order valence-electron chi connectivity index (χ3n) is 3.94. The van der Waals surface area contributed by atoms with Crippen LogP contribution in [0.2, 0.25) is 0 Å². The zero-order chi connectivity index (χ0) is 15.2. The first kappa shape index (κ1) is 15.6. The van der Waals surface area contributed by atoms with Crippen LogP contribution in [0.5, 0.6) is 5.75 Å². The highest BCUT2D eigenvalue weighted by molar-refractivity contribution is 5.89. The highest BCUT2D eigenvalue weighted by Crippen LogP contribution is 2.28. The van der Waals surface area contributed by atoms with Gasteiger partial charge in [0.15, 0.2) is 0 Å². The maximum atomic E-state index is 11.1. The van der Waals surface area contributed by atoms with E-state index in [1.807, 2.05) is 18.2 Å². The van der Waals surface area contributed by atoms with Gasteiger partial charge in [-0.1, -0.05) is 0 Å². The summed E-state index contributed by atoms with van der Waals surface area (Å²) < 4.78 is 5.38. The molecular formula is C16H25N3O2. The molecule has 1 amide bonds. The maximum Gasteiger partial charge on any atom is 0.221 e. The van der Waals surface area contributed by atoms with Crippen LogP contribution >= 0.6 is 0 Å². The minimum absolute atomic E-state index is 0.0681. The van der Waals surface area contributed by atoms with E-state index in [1.165, 1.54) is 19.8 Å². The molecule has 0 aromatic heterocycles. The molecule has 2 rings (SSSR count). The van der Waals surface area contributed by atoms with Gasteiger partial charge in [0, 0.05) is 19.2 Å². The summed E-state index contributed by atoms with van der Waals surface area (Å²) in [5.41, 5.74) is 1.72. The molecule has 1 aromatic rings. The van der Waals surface area contributed by atoms with Crippen molar-refractivity contribution in [3.8, 4) is 5.75 Å². The van der Waals surface area contributed by atoms with Crippen molar-refractivity contribution < 1.29 is 9.53 Å². The van der Waals surface area contributed by atoms with E-state index in [9.17, 15) is 4.79 Å². The van der Waals surface area contributed by atoms with Gasteiger partial charge >= 0.3 is 0 Å². The van der Waals surface area contributed by atoms with Crippen LogP contribution in [0, 0.1) is 5.92 Å². The summed E-state index contributed by atoms with van der Waals surface area (Å²) in [5, 5.41) is 6.27. The number of rotatable bonds is 5. The molecule has 5 heteroatoms. The van der Waals surface area contributed by atoms with Gasteiger partial charge in [-0.3, -0.25) is 4.79 Å². The molecular weight excluding hydrogens is 266 g/mol. The van der Waals surface area contributed by atoms with E-state index in [1.54, 1.807) is 7.11 Å². The number of benzene rings is 1. The molecule has 21 heavy (non-hydrogen) atoms. The van der Waals surface area contributed by atoms with Crippen LogP contribution in [-0.2, 0) is 4.79 Å². The lowest BCUT2D eigenvalue weighted by molar-refractivity contribution is -0.114. The molecule has 1 aromatic carbocycles. The van der Waals surface area contributed by atoms with Gasteiger partial charge in [0.05, 0.1) is 12.8 Å². The van der Waals surface area contributed by atoms with E-state index in [4.69, 9.17) is 4.74 Å². The Morgan fingerprint density at radius 2 is 2.10 bits per heavy atom. The lowest BCUT2D eigenvalue weighted by Gasteiger charge is -2.29. The van der Waals surface area contributed by atoms with Crippen LogP contribution in [0.4, 0.5) is 11.4 Å². The van der Waals surface area contributed by atoms with Crippen molar-refractivity contribution in [2.45, 2.75) is 19.8 Å². The van der Waals surface area contributed by atoms with Gasteiger partial charge in [0.25, 0.3) is 0 Å². The van der Waals surface area contributed by atoms with Gasteiger partial charge in [0.1, 0.15) is 5.75 Å². The molecule has 5 nitrogen and oxygen atoms in total. The van der Waals surface area contributed by atoms with Crippen molar-refractivity contribution in [1.29, 1.82) is 0 Å². The summed E-state index contributed by atoms with van der Waals surface area (Å²) in [6.45, 7) is 4.77. The van der Waals surface area contributed by atoms with Crippen molar-refractivity contribution in [3.05, 3.63) is 18.2 Å². The molecule has 0 saturated carbocycles. The van der Waals surface area contributed by atoms with Gasteiger partial charge in [-0.25, -0.2) is 0 Å². The summed E-state index contributed by atoms with van der Waals surface area (Å²) in [4.78, 5) is 13.5. The van der Waals surface area contributed by atoms with E-state index < -0.39 is 0 Å². The fourth-order valence-electron chi connectivity index (χ4n) is 2.65. The molecule has 0 aliphatic carbocycles. The first-order chi connectivity index (χ1) is 10.1. The lowest BCUT2D eigenvalue weighted by atomic mass is 9.97. The van der Waals surface area contributed by atoms with Crippen LogP contribution in [0.3, 0.4) is 0 Å². The highest BCUT2D eigenvalue weighted by Gasteiger charge is 2.17. The average Bonchev–Trinajstić information content (AvgIpc) is 2.46. The Hall–Kier alpha value is -1.75. The van der Waals surface area contributed by atoms with Crippen molar-refractivity contribution in [1.82, 2.24) is 4.90 Å². The zero-order valence-electron chi connectivity index (χ0n) is 13.1. The fourth-order valence-corrected chi connectivity index (χ4v) is 2.65. The second-order valence-corrected chi connectivity index (χ2v) is 5.72. The first-order valence-electron chi connectivity index (χ1n) is 7.46. The van der Waals surface area contributed by atoms with Crippen LogP contribution in [0.25, 0.3) is 0 Å². The molecule has 1 heterocycles. The Bertz CT molecular complexity index is 482. The normalized spacial score (nSPS) is 16.5. The molecule has 0 bridgehead atoms. The molecule has 1 fully saturated rings. The number of amides is 1. The Morgan fingerprint density at radius 3 is 2.71 bits per heavy atom. The Balaban J connectivity index is 1.98. The summed E-state index contributed by atoms with van der Waals surface area (Å²) in [6, 6.07) is 5.65. The third-order valence-corrected chi connectivity index (χ3v) is 3.94. The quantitative estimate of drug-likeness (QED) is 0.875. The van der Waals surface area contributed by atoms with Crippen molar-refractivity contribution in [3.63, 3.8) is 0 Å². The molecule has 0 unspecified atom stereocenters. The molecule has 0 radical (unpaired) electrons. The van der Waals surface area contributed by atoms with E-state index >= 15 is 0 Å². The number of anilines is 2. The Morgan fingerprint density at radius 1 is 1.38 bits per heavy atom. The van der Waals surface area contributed by atoms with Crippen molar-refractivity contribution in [2.75, 3.05) is 44.4 Å². The van der Waals surface area contributed by atoms with Crippen LogP contribution in [0.15, 0.2) is 18.2 Å². The molecule has 1 aliphatic heterocycles. The average molecular weight is 291 g/mol. The van der Waals surface area contributed by atoms with Gasteiger partial charge in [-0.05, 0) is 57.1 Å². The molecule has 2 N–H and O–H groups in total. The third kappa shape index (κ3) is 4.63. The smallest absolute Gasteiger partial charge is 0.221 e. The van der Waals surface area contributed by atoms with Crippen molar-refractivity contribution >= 4 is 17.3 Å². The standard InChI is InChI=1S/C16H25N3O2/c1-12(20)18-14-4-5-16(21-3)15(10-14)17-11-13-6-8-19(2)9-7-13/h4-5,10,13,17H,6-9,11H2,1-3H3,(H,18,20). The highest BCUT2D eigenvalue weighted by atomic mass is 16.5. The van der Waals surface area contributed by atoms with E-state index in [0.717, 1.165) is 36.8 Å². The molecule has 0 atom stereocenters. The Kier molecular flexibility index (Phi) is 5.44. The number of methoxy groups -OCH3 is 1. The van der Waals surface area contributed by atoms with Gasteiger partial charge in [-0.15, -0.1) is 0 Å². The molecule has 1 aliphatic rings. The van der Waals surface area contributed by atoms with Crippen LogP contribution in [-0.4, -0.2) is 44.6 Å². The monoisotopic (exact) mass is 291 g/mol. The fraction of sp³-hybridized carbons (Fsp3) is 0.562. The number of carbonyl (C=O) groups is 1. The molecule has 116 valence electrons. The SMILES string of the molecule is COc1ccc(NC(C)=O)cc1NCC1CCN(C)CC1. The minimum atomic E-state index is -0.0681. The van der Waals surface area contributed by atoms with E-state index in [2.05, 4.69) is 22.6 Å². The van der Waals surface area contributed by atoms with Gasteiger partial charge < -0.3 is 20.3 Å². The lowest BCUT2D eigenvalue weighted by Crippen LogP contribution is -2.33. The second kappa shape index (κ2) is 7.31. The summed E-state index contributed by atoms with van der Waals surface area (Å²) >= 11 is 0. The summed E-state index contributed by atoms with van der Waals surface area (Å²) in [7, 11) is 3.83. The number of piperidine rings is 1. The topological polar surface area (TPSA) is 53.6 Å². The Labute approximate surface area is 126 Å². The second-order valence-electron chi connectivity index (χ2n) is 5.72. The predicted octanol–water partition coefficient (Wildman–Crippen LogP) is 2.41. The van der Waals surface area contributed by atoms with E-state index in [-0.39, 0.29) is 5.91 Å². The summed E-state index contributed by atoms with van der Waals surface area (Å²) in [6.07, 6.45) is 2.44. The largest absolute Gasteiger partial charge is 0.495 e. The molecule has 0 spiro atoms. The maximum absolute atomic E-state index is 11.1. The van der Waals surface area contributed by atoms with Gasteiger partial charge in [0.2, 0.25) is 5.91 Å². The van der Waals surface area contributed by atoms with Gasteiger partial charge in [-0.2, -0.15) is 0 Å². The number of likely N-dealkylation sites (tertiary alicyclic amines) is 1. The summed E-state index contributed by atoms with van der Waals surface area (Å²) in [5.74, 6) is 1.42. The van der Waals surface area contributed by atoms with E-state index in [0.29, 0.717) is 5.92 Å². The number of hydrogen-bond donors (Lipinski definition) is 2.